The zero-order valence-corrected chi connectivity index (χ0v) is 15.5. The minimum atomic E-state index is -0.250. The van der Waals surface area contributed by atoms with Gasteiger partial charge < -0.3 is 14.6 Å². The first-order valence-electron chi connectivity index (χ1n) is 7.97. The number of benzene rings is 2. The molecule has 0 atom stereocenters. The Bertz CT molecular complexity index is 816. The van der Waals surface area contributed by atoms with Gasteiger partial charge in [0.25, 0.3) is 0 Å². The number of halogens is 2. The normalized spacial score (nSPS) is 10.8. The number of rotatable bonds is 7. The van der Waals surface area contributed by atoms with Crippen molar-refractivity contribution in [2.24, 2.45) is 0 Å². The number of anilines is 1. The minimum absolute atomic E-state index is 0.250. The largest absolute Gasteiger partial charge is 0.383 e. The first kappa shape index (κ1) is 17.6. The van der Waals surface area contributed by atoms with E-state index in [0.717, 1.165) is 15.7 Å². The Kier molecular flexibility index (Phi) is 5.83. The van der Waals surface area contributed by atoms with Gasteiger partial charge in [-0.25, -0.2) is 9.37 Å². The molecule has 0 amide bonds. The number of aromatic nitrogens is 2. The number of hydrogen-bond acceptors (Lipinski definition) is 3. The maximum Gasteiger partial charge on any atom is 0.203 e. The van der Waals surface area contributed by atoms with Gasteiger partial charge in [-0.2, -0.15) is 0 Å². The highest BCUT2D eigenvalue weighted by Crippen LogP contribution is 2.25. The number of hydrogen-bond donors (Lipinski definition) is 1. The van der Waals surface area contributed by atoms with Gasteiger partial charge in [-0.3, -0.25) is 0 Å². The van der Waals surface area contributed by atoms with E-state index in [-0.39, 0.29) is 5.82 Å². The minimum Gasteiger partial charge on any atom is -0.383 e. The van der Waals surface area contributed by atoms with Crippen molar-refractivity contribution >= 4 is 21.9 Å². The Morgan fingerprint density at radius 3 is 2.68 bits per heavy atom. The molecule has 1 heterocycles. The average Bonchev–Trinajstić information content (AvgIpc) is 3.03. The van der Waals surface area contributed by atoms with Gasteiger partial charge in [-0.15, -0.1) is 0 Å². The highest BCUT2D eigenvalue weighted by Gasteiger charge is 2.13. The molecule has 6 heteroatoms. The van der Waals surface area contributed by atoms with Gasteiger partial charge in [0.2, 0.25) is 5.95 Å². The number of imidazole rings is 1. The lowest BCUT2D eigenvalue weighted by atomic mass is 10.2. The van der Waals surface area contributed by atoms with Crippen LogP contribution >= 0.6 is 15.9 Å². The van der Waals surface area contributed by atoms with Crippen molar-refractivity contribution in [1.29, 1.82) is 0 Å². The van der Waals surface area contributed by atoms with Crippen molar-refractivity contribution in [3.8, 4) is 11.3 Å². The molecule has 3 aromatic rings. The molecule has 0 fully saturated rings. The molecule has 0 radical (unpaired) electrons. The van der Waals surface area contributed by atoms with Gasteiger partial charge in [0.1, 0.15) is 5.82 Å². The molecule has 0 saturated carbocycles. The van der Waals surface area contributed by atoms with E-state index in [1.807, 2.05) is 47.2 Å². The third kappa shape index (κ3) is 4.08. The summed E-state index contributed by atoms with van der Waals surface area (Å²) in [5.74, 6) is 0.436. The summed E-state index contributed by atoms with van der Waals surface area (Å²) in [6.45, 7) is 1.56. The average molecular weight is 404 g/mol. The Morgan fingerprint density at radius 2 is 1.96 bits per heavy atom. The van der Waals surface area contributed by atoms with E-state index in [1.54, 1.807) is 13.2 Å². The fraction of sp³-hybridized carbons (Fsp3) is 0.211. The lowest BCUT2D eigenvalue weighted by Crippen LogP contribution is -2.12. The molecule has 25 heavy (non-hydrogen) atoms. The van der Waals surface area contributed by atoms with Crippen molar-refractivity contribution in [2.45, 2.75) is 13.1 Å². The van der Waals surface area contributed by atoms with Crippen LogP contribution < -0.4 is 5.32 Å². The van der Waals surface area contributed by atoms with Crippen molar-refractivity contribution in [3.05, 3.63) is 70.6 Å². The second-order valence-corrected chi connectivity index (χ2v) is 6.39. The van der Waals surface area contributed by atoms with Crippen molar-refractivity contribution in [3.63, 3.8) is 0 Å². The monoisotopic (exact) mass is 403 g/mol. The summed E-state index contributed by atoms with van der Waals surface area (Å²) in [5.41, 5.74) is 2.64. The molecule has 0 aliphatic carbocycles. The van der Waals surface area contributed by atoms with Gasteiger partial charge in [0.15, 0.2) is 0 Å². The number of methoxy groups -OCH3 is 1. The predicted molar refractivity (Wildman–Crippen MR) is 101 cm³/mol. The molecule has 0 saturated heterocycles. The van der Waals surface area contributed by atoms with Crippen LogP contribution in [0, 0.1) is 5.82 Å². The first-order valence-corrected chi connectivity index (χ1v) is 8.76. The molecule has 3 rings (SSSR count). The van der Waals surface area contributed by atoms with Crippen LogP contribution in [0.15, 0.2) is 59.2 Å². The zero-order chi connectivity index (χ0) is 17.6. The van der Waals surface area contributed by atoms with E-state index in [0.29, 0.717) is 31.2 Å². The van der Waals surface area contributed by atoms with Crippen LogP contribution in [0.25, 0.3) is 11.3 Å². The summed E-state index contributed by atoms with van der Waals surface area (Å²) < 4.78 is 22.0. The van der Waals surface area contributed by atoms with Gasteiger partial charge >= 0.3 is 0 Å². The third-order valence-electron chi connectivity index (χ3n) is 3.93. The van der Waals surface area contributed by atoms with Crippen LogP contribution in [0.3, 0.4) is 0 Å². The Morgan fingerprint density at radius 1 is 1.16 bits per heavy atom. The molecular weight excluding hydrogens is 385 g/mol. The first-order chi connectivity index (χ1) is 12.2. The van der Waals surface area contributed by atoms with E-state index in [1.165, 1.54) is 6.07 Å². The van der Waals surface area contributed by atoms with Crippen molar-refractivity contribution in [2.75, 3.05) is 19.0 Å². The van der Waals surface area contributed by atoms with Crippen LogP contribution in [0.4, 0.5) is 10.3 Å². The molecule has 1 aromatic heterocycles. The molecule has 1 N–H and O–H groups in total. The molecule has 0 unspecified atom stereocenters. The third-order valence-corrected chi connectivity index (χ3v) is 4.67. The van der Waals surface area contributed by atoms with Crippen LogP contribution in [0.2, 0.25) is 0 Å². The lowest BCUT2D eigenvalue weighted by molar-refractivity contribution is 0.188. The van der Waals surface area contributed by atoms with E-state index < -0.39 is 0 Å². The molecular formula is C19H19BrFN3O. The number of ether oxygens (including phenoxy) is 1. The van der Waals surface area contributed by atoms with Crippen molar-refractivity contribution in [1.82, 2.24) is 9.55 Å². The Labute approximate surface area is 154 Å². The Balaban J connectivity index is 1.87. The summed E-state index contributed by atoms with van der Waals surface area (Å²) in [4.78, 5) is 4.48. The standard InChI is InChI=1S/C19H19BrFN3O/c1-25-11-10-24-18(14-6-3-2-4-7-14)13-23-19(24)22-12-15-16(20)8-5-9-17(15)21/h2-9,13H,10-12H2,1H3,(H,22,23). The molecule has 0 bridgehead atoms. The number of nitrogens with zero attached hydrogens (tertiary/aromatic N) is 2. The second kappa shape index (κ2) is 8.27. The molecule has 2 aromatic carbocycles. The Hall–Kier alpha value is -2.18. The van der Waals surface area contributed by atoms with Gasteiger partial charge in [0.05, 0.1) is 18.5 Å². The highest BCUT2D eigenvalue weighted by atomic mass is 79.9. The summed E-state index contributed by atoms with van der Waals surface area (Å²) >= 11 is 3.40. The fourth-order valence-electron chi connectivity index (χ4n) is 2.63. The van der Waals surface area contributed by atoms with E-state index >= 15 is 0 Å². The maximum absolute atomic E-state index is 14.0. The maximum atomic E-state index is 14.0. The summed E-state index contributed by atoms with van der Waals surface area (Å²) in [5, 5.41) is 3.24. The summed E-state index contributed by atoms with van der Waals surface area (Å²) in [6, 6.07) is 15.0. The fourth-order valence-corrected chi connectivity index (χ4v) is 3.12. The van der Waals surface area contributed by atoms with E-state index in [2.05, 4.69) is 26.2 Å². The van der Waals surface area contributed by atoms with Crippen LogP contribution in [-0.4, -0.2) is 23.3 Å². The van der Waals surface area contributed by atoms with Crippen LogP contribution in [0.1, 0.15) is 5.56 Å². The highest BCUT2D eigenvalue weighted by molar-refractivity contribution is 9.10. The van der Waals surface area contributed by atoms with Gasteiger partial charge in [-0.1, -0.05) is 52.3 Å². The van der Waals surface area contributed by atoms with E-state index in [9.17, 15) is 4.39 Å². The molecule has 0 aliphatic rings. The quantitative estimate of drug-likeness (QED) is 0.620. The van der Waals surface area contributed by atoms with E-state index in [4.69, 9.17) is 4.74 Å². The van der Waals surface area contributed by atoms with Gasteiger partial charge in [0, 0.05) is 30.2 Å². The zero-order valence-electron chi connectivity index (χ0n) is 13.9. The lowest BCUT2D eigenvalue weighted by Gasteiger charge is -2.14. The molecule has 0 aliphatic heterocycles. The van der Waals surface area contributed by atoms with Crippen LogP contribution in [0.5, 0.6) is 0 Å². The van der Waals surface area contributed by atoms with Crippen molar-refractivity contribution < 1.29 is 9.13 Å². The van der Waals surface area contributed by atoms with Crippen LogP contribution in [-0.2, 0) is 17.8 Å². The predicted octanol–water partition coefficient (Wildman–Crippen LogP) is 4.71. The summed E-state index contributed by atoms with van der Waals surface area (Å²) in [6.07, 6.45) is 1.82. The molecule has 0 spiro atoms. The SMILES string of the molecule is COCCn1c(-c2ccccc2)cnc1NCc1c(F)cccc1Br. The smallest absolute Gasteiger partial charge is 0.203 e. The summed E-state index contributed by atoms with van der Waals surface area (Å²) in [7, 11) is 1.67. The molecule has 130 valence electrons. The van der Waals surface area contributed by atoms with Gasteiger partial charge in [-0.05, 0) is 17.7 Å². The number of nitrogens with one attached hydrogen (secondary N) is 1. The molecule has 4 nitrogen and oxygen atoms in total. The second-order valence-electron chi connectivity index (χ2n) is 5.53. The topological polar surface area (TPSA) is 39.1 Å².